The van der Waals surface area contributed by atoms with Crippen molar-refractivity contribution in [2.24, 2.45) is 0 Å². The molecule has 1 N–H and O–H groups in total. The SMILES string of the molecule is C[C@@H](CO)N(C)S(=O)(=O)c1ccc(Br)cc1F. The maximum Gasteiger partial charge on any atom is 0.246 e. The summed E-state index contributed by atoms with van der Waals surface area (Å²) in [6.45, 7) is 1.21. The zero-order valence-corrected chi connectivity index (χ0v) is 11.8. The van der Waals surface area contributed by atoms with Gasteiger partial charge >= 0.3 is 0 Å². The Hall–Kier alpha value is -0.500. The third-order valence-electron chi connectivity index (χ3n) is 2.44. The van der Waals surface area contributed by atoms with E-state index in [2.05, 4.69) is 15.9 Å². The number of rotatable bonds is 4. The van der Waals surface area contributed by atoms with Crippen molar-refractivity contribution in [3.8, 4) is 0 Å². The van der Waals surface area contributed by atoms with Crippen LogP contribution in [-0.4, -0.2) is 37.5 Å². The fourth-order valence-corrected chi connectivity index (χ4v) is 2.92. The number of sulfonamides is 1. The Morgan fingerprint density at radius 2 is 2.12 bits per heavy atom. The molecule has 0 bridgehead atoms. The van der Waals surface area contributed by atoms with E-state index in [1.54, 1.807) is 0 Å². The molecule has 0 aliphatic carbocycles. The van der Waals surface area contributed by atoms with E-state index in [-0.39, 0.29) is 6.61 Å². The normalized spacial score (nSPS) is 14.0. The maximum absolute atomic E-state index is 13.6. The van der Waals surface area contributed by atoms with Gasteiger partial charge in [0.1, 0.15) is 10.7 Å². The van der Waals surface area contributed by atoms with E-state index in [0.717, 1.165) is 10.4 Å². The molecule has 7 heteroatoms. The summed E-state index contributed by atoms with van der Waals surface area (Å²) in [5, 5.41) is 8.92. The zero-order chi connectivity index (χ0) is 13.2. The van der Waals surface area contributed by atoms with Gasteiger partial charge in [0.25, 0.3) is 0 Å². The van der Waals surface area contributed by atoms with Gasteiger partial charge in [-0.1, -0.05) is 15.9 Å². The Bertz CT molecular complexity index is 506. The van der Waals surface area contributed by atoms with Crippen LogP contribution in [0.1, 0.15) is 6.92 Å². The lowest BCUT2D eigenvalue weighted by molar-refractivity contribution is 0.213. The van der Waals surface area contributed by atoms with Crippen molar-refractivity contribution >= 4 is 26.0 Å². The van der Waals surface area contributed by atoms with E-state index in [9.17, 15) is 12.8 Å². The van der Waals surface area contributed by atoms with Crippen LogP contribution in [0.15, 0.2) is 27.6 Å². The van der Waals surface area contributed by atoms with Gasteiger partial charge in [0, 0.05) is 17.6 Å². The summed E-state index contributed by atoms with van der Waals surface area (Å²) in [6, 6.07) is 3.12. The number of halogens is 2. The largest absolute Gasteiger partial charge is 0.395 e. The highest BCUT2D eigenvalue weighted by Gasteiger charge is 2.27. The van der Waals surface area contributed by atoms with Crippen molar-refractivity contribution in [2.75, 3.05) is 13.7 Å². The Morgan fingerprint density at radius 3 is 2.59 bits per heavy atom. The molecule has 0 saturated carbocycles. The molecule has 0 spiro atoms. The Balaban J connectivity index is 3.22. The highest BCUT2D eigenvalue weighted by atomic mass is 79.9. The van der Waals surface area contributed by atoms with Crippen LogP contribution in [0.2, 0.25) is 0 Å². The minimum atomic E-state index is -3.92. The van der Waals surface area contributed by atoms with E-state index in [1.807, 2.05) is 0 Å². The second-order valence-electron chi connectivity index (χ2n) is 3.63. The second-order valence-corrected chi connectivity index (χ2v) is 6.51. The number of hydrogen-bond donors (Lipinski definition) is 1. The van der Waals surface area contributed by atoms with Crippen LogP contribution >= 0.6 is 15.9 Å². The van der Waals surface area contributed by atoms with E-state index in [0.29, 0.717) is 4.47 Å². The molecule has 1 atom stereocenters. The number of aliphatic hydroxyl groups is 1. The molecule has 0 aromatic heterocycles. The molecular weight excluding hydrogens is 313 g/mol. The molecule has 0 amide bonds. The number of nitrogens with zero attached hydrogens (tertiary/aromatic N) is 1. The summed E-state index contributed by atoms with van der Waals surface area (Å²) in [4.78, 5) is -0.400. The smallest absolute Gasteiger partial charge is 0.246 e. The first-order valence-corrected chi connectivity index (χ1v) is 7.08. The first-order valence-electron chi connectivity index (χ1n) is 4.84. The molecule has 0 fully saturated rings. The predicted molar refractivity (Wildman–Crippen MR) is 65.6 cm³/mol. The molecule has 1 aromatic rings. The zero-order valence-electron chi connectivity index (χ0n) is 9.39. The minimum Gasteiger partial charge on any atom is -0.395 e. The highest BCUT2D eigenvalue weighted by Crippen LogP contribution is 2.22. The van der Waals surface area contributed by atoms with Crippen LogP contribution in [-0.2, 0) is 10.0 Å². The van der Waals surface area contributed by atoms with Gasteiger partial charge in [0.05, 0.1) is 6.61 Å². The maximum atomic E-state index is 13.6. The van der Waals surface area contributed by atoms with Crippen LogP contribution in [0.3, 0.4) is 0 Å². The van der Waals surface area contributed by atoms with Crippen molar-refractivity contribution in [3.63, 3.8) is 0 Å². The molecule has 0 aliphatic heterocycles. The number of aliphatic hydroxyl groups excluding tert-OH is 1. The molecule has 1 rings (SSSR count). The van der Waals surface area contributed by atoms with E-state index >= 15 is 0 Å². The fraction of sp³-hybridized carbons (Fsp3) is 0.400. The number of likely N-dealkylation sites (N-methyl/N-ethyl adjacent to an activating group) is 1. The topological polar surface area (TPSA) is 57.6 Å². The lowest BCUT2D eigenvalue weighted by Crippen LogP contribution is -2.37. The van der Waals surface area contributed by atoms with Gasteiger partial charge in [0.15, 0.2) is 0 Å². The van der Waals surface area contributed by atoms with Gasteiger partial charge in [-0.05, 0) is 25.1 Å². The van der Waals surface area contributed by atoms with Crippen molar-refractivity contribution in [1.82, 2.24) is 4.31 Å². The minimum absolute atomic E-state index is 0.326. The molecule has 96 valence electrons. The van der Waals surface area contributed by atoms with Crippen molar-refractivity contribution in [1.29, 1.82) is 0 Å². The van der Waals surface area contributed by atoms with E-state index in [1.165, 1.54) is 26.1 Å². The number of hydrogen-bond acceptors (Lipinski definition) is 3. The van der Waals surface area contributed by atoms with E-state index < -0.39 is 26.8 Å². The lowest BCUT2D eigenvalue weighted by atomic mass is 10.3. The summed E-state index contributed by atoms with van der Waals surface area (Å²) in [5.41, 5.74) is 0. The third-order valence-corrected chi connectivity index (χ3v) is 4.93. The Labute approximate surface area is 108 Å². The highest BCUT2D eigenvalue weighted by molar-refractivity contribution is 9.10. The molecule has 0 aliphatic rings. The van der Waals surface area contributed by atoms with Gasteiger partial charge in [0.2, 0.25) is 10.0 Å². The van der Waals surface area contributed by atoms with Gasteiger partial charge in [-0.2, -0.15) is 4.31 Å². The van der Waals surface area contributed by atoms with Gasteiger partial charge < -0.3 is 5.11 Å². The van der Waals surface area contributed by atoms with Crippen molar-refractivity contribution < 1.29 is 17.9 Å². The van der Waals surface area contributed by atoms with Crippen LogP contribution in [0, 0.1) is 5.82 Å². The summed E-state index contributed by atoms with van der Waals surface area (Å²) >= 11 is 3.05. The van der Waals surface area contributed by atoms with Crippen LogP contribution in [0.4, 0.5) is 4.39 Å². The second kappa shape index (κ2) is 5.43. The Morgan fingerprint density at radius 1 is 1.53 bits per heavy atom. The van der Waals surface area contributed by atoms with Crippen LogP contribution in [0.5, 0.6) is 0 Å². The van der Waals surface area contributed by atoms with Crippen LogP contribution in [0.25, 0.3) is 0 Å². The van der Waals surface area contributed by atoms with E-state index in [4.69, 9.17) is 5.11 Å². The molecule has 1 aromatic carbocycles. The third kappa shape index (κ3) is 3.04. The van der Waals surface area contributed by atoms with Gasteiger partial charge in [-0.3, -0.25) is 0 Å². The van der Waals surface area contributed by atoms with Gasteiger partial charge in [-0.25, -0.2) is 12.8 Å². The first-order chi connectivity index (χ1) is 7.80. The molecular formula is C10H13BrFNO3S. The average Bonchev–Trinajstić information content (AvgIpc) is 2.26. The van der Waals surface area contributed by atoms with Crippen molar-refractivity contribution in [3.05, 3.63) is 28.5 Å². The predicted octanol–water partition coefficient (Wildman–Crippen LogP) is 1.59. The summed E-state index contributed by atoms with van der Waals surface area (Å²) in [5.74, 6) is -0.823. The number of benzene rings is 1. The summed E-state index contributed by atoms with van der Waals surface area (Å²) in [6.07, 6.45) is 0. The lowest BCUT2D eigenvalue weighted by Gasteiger charge is -2.22. The molecule has 4 nitrogen and oxygen atoms in total. The monoisotopic (exact) mass is 325 g/mol. The standard InChI is InChI=1S/C10H13BrFNO3S/c1-7(6-14)13(2)17(15,16)10-4-3-8(11)5-9(10)12/h3-5,7,14H,6H2,1-2H3/t7-/m0/s1. The summed E-state index contributed by atoms with van der Waals surface area (Å²) in [7, 11) is -2.62. The molecule has 0 saturated heterocycles. The van der Waals surface area contributed by atoms with Crippen LogP contribution < -0.4 is 0 Å². The first kappa shape index (κ1) is 14.6. The molecule has 0 radical (unpaired) electrons. The van der Waals surface area contributed by atoms with Gasteiger partial charge in [-0.15, -0.1) is 0 Å². The quantitative estimate of drug-likeness (QED) is 0.914. The molecule has 0 heterocycles. The Kier molecular flexibility index (Phi) is 4.65. The average molecular weight is 326 g/mol. The molecule has 0 unspecified atom stereocenters. The fourth-order valence-electron chi connectivity index (χ4n) is 1.19. The van der Waals surface area contributed by atoms with Crippen molar-refractivity contribution in [2.45, 2.75) is 17.9 Å². The molecule has 17 heavy (non-hydrogen) atoms. The summed E-state index contributed by atoms with van der Waals surface area (Å²) < 4.78 is 39.0.